The van der Waals surface area contributed by atoms with Gasteiger partial charge in [0.2, 0.25) is 23.8 Å². The number of phenols is 1. The fraction of sp³-hybridized carbons (Fsp3) is 0.554. The molecule has 432 valence electrons. The van der Waals surface area contributed by atoms with Crippen molar-refractivity contribution in [3.05, 3.63) is 83.2 Å². The number of halogens is 1. The number of anilines is 4. The normalized spacial score (nSPS) is 16.4. The third-order valence-corrected chi connectivity index (χ3v) is 14.1. The number of phenolic OH excluding ortho intramolecular Hbond substituents is 1. The molecule has 2 aromatic carbocycles. The van der Waals surface area contributed by atoms with Crippen LogP contribution < -0.4 is 26.0 Å². The summed E-state index contributed by atoms with van der Waals surface area (Å²) in [6.45, 7) is 21.1. The molecule has 10 rings (SSSR count). The van der Waals surface area contributed by atoms with Crippen LogP contribution >= 0.6 is 11.6 Å². The van der Waals surface area contributed by atoms with Crippen molar-refractivity contribution in [2.45, 2.75) is 136 Å². The van der Waals surface area contributed by atoms with Crippen molar-refractivity contribution >= 4 is 64.2 Å². The van der Waals surface area contributed by atoms with E-state index < -0.39 is 11.7 Å². The number of carbonyl (C=O) groups excluding carboxylic acids is 3. The van der Waals surface area contributed by atoms with Crippen LogP contribution in [0.25, 0.3) is 11.3 Å². The number of aromatic nitrogens is 8. The van der Waals surface area contributed by atoms with Crippen LogP contribution in [0.3, 0.4) is 0 Å². The molecule has 4 saturated heterocycles. The Hall–Kier alpha value is -7.24. The number of ether oxygens (including phenoxy) is 4. The Balaban J connectivity index is 0.000000193. The minimum Gasteiger partial charge on any atom is -0.508 e. The van der Waals surface area contributed by atoms with Gasteiger partial charge in [-0.2, -0.15) is 39.2 Å². The first-order valence-corrected chi connectivity index (χ1v) is 28.3. The summed E-state index contributed by atoms with van der Waals surface area (Å²) in [7, 11) is 0. The van der Waals surface area contributed by atoms with E-state index in [4.69, 9.17) is 45.5 Å². The maximum absolute atomic E-state index is 12.9. The second-order valence-corrected chi connectivity index (χ2v) is 22.3. The lowest BCUT2D eigenvalue weighted by Gasteiger charge is -2.35. The Labute approximate surface area is 472 Å². The number of fused-ring (bicyclic) bond motifs is 2. The molecule has 0 radical (unpaired) electrons. The fourth-order valence-electron chi connectivity index (χ4n) is 9.39. The predicted molar refractivity (Wildman–Crippen MR) is 306 cm³/mol. The number of nitrogens with one attached hydrogen (secondary N) is 4. The van der Waals surface area contributed by atoms with Crippen molar-refractivity contribution in [2.24, 2.45) is 0 Å². The summed E-state index contributed by atoms with van der Waals surface area (Å²) >= 11 is 5.24. The fourth-order valence-corrected chi connectivity index (χ4v) is 9.56. The third-order valence-electron chi connectivity index (χ3n) is 13.9. The lowest BCUT2D eigenvalue weighted by molar-refractivity contribution is 0.0154. The maximum atomic E-state index is 12.9. The minimum atomic E-state index is -0.564. The summed E-state index contributed by atoms with van der Waals surface area (Å²) in [5, 5.41) is 32.1. The van der Waals surface area contributed by atoms with Crippen molar-refractivity contribution in [2.75, 3.05) is 87.0 Å². The molecule has 0 saturated carbocycles. The van der Waals surface area contributed by atoms with Gasteiger partial charge >= 0.3 is 17.6 Å². The molecule has 6 aromatic rings. The molecule has 3 amide bonds. The van der Waals surface area contributed by atoms with Crippen LogP contribution in [0.4, 0.5) is 38.2 Å². The Morgan fingerprint density at radius 3 is 1.57 bits per heavy atom. The molecule has 4 fully saturated rings. The van der Waals surface area contributed by atoms with E-state index in [9.17, 15) is 19.5 Å². The predicted octanol–water partition coefficient (Wildman–Crippen LogP) is 9.49. The molecule has 24 heteroatoms. The Morgan fingerprint density at radius 2 is 1.12 bits per heavy atom. The summed E-state index contributed by atoms with van der Waals surface area (Å²) in [5.74, 6) is 3.58. The quantitative estimate of drug-likeness (QED) is 0.0533. The third kappa shape index (κ3) is 16.7. The van der Waals surface area contributed by atoms with E-state index in [0.29, 0.717) is 80.8 Å². The average molecular weight is 1120 g/mol. The van der Waals surface area contributed by atoms with Crippen molar-refractivity contribution < 1.29 is 38.4 Å². The zero-order chi connectivity index (χ0) is 56.8. The maximum Gasteiger partial charge on any atom is 0.415 e. The zero-order valence-electron chi connectivity index (χ0n) is 47.1. The average Bonchev–Trinajstić information content (AvgIpc) is 4.19. The number of carbonyl (C=O) groups is 3. The summed E-state index contributed by atoms with van der Waals surface area (Å²) in [4.78, 5) is 59.5. The minimum absolute atomic E-state index is 0.246. The smallest absolute Gasteiger partial charge is 0.415 e. The molecule has 4 aromatic heterocycles. The van der Waals surface area contributed by atoms with Gasteiger partial charge in [0.25, 0.3) is 0 Å². The molecule has 80 heavy (non-hydrogen) atoms. The number of benzene rings is 2. The number of rotatable bonds is 13. The zero-order valence-corrected chi connectivity index (χ0v) is 47.9. The van der Waals surface area contributed by atoms with E-state index in [2.05, 4.69) is 64.1 Å². The van der Waals surface area contributed by atoms with Gasteiger partial charge in [-0.15, -0.1) is 0 Å². The Kier molecular flexibility index (Phi) is 20.4. The summed E-state index contributed by atoms with van der Waals surface area (Å²) < 4.78 is 25.5. The van der Waals surface area contributed by atoms with Crippen molar-refractivity contribution in [1.82, 2.24) is 53.9 Å². The highest BCUT2D eigenvalue weighted by molar-refractivity contribution is 6.62. The van der Waals surface area contributed by atoms with Crippen LogP contribution in [-0.2, 0) is 27.3 Å². The Bertz CT molecular complexity index is 2990. The van der Waals surface area contributed by atoms with E-state index in [1.54, 1.807) is 41.9 Å². The van der Waals surface area contributed by atoms with Gasteiger partial charge in [0, 0.05) is 102 Å². The molecular formula is C56H78ClN15O8. The van der Waals surface area contributed by atoms with E-state index in [1.165, 1.54) is 6.42 Å². The van der Waals surface area contributed by atoms with Crippen LogP contribution in [0.15, 0.2) is 60.9 Å². The first-order chi connectivity index (χ1) is 38.5. The lowest BCUT2D eigenvalue weighted by Crippen LogP contribution is -2.52. The highest BCUT2D eigenvalue weighted by Gasteiger charge is 2.29. The topological polar surface area (TPSA) is 252 Å². The number of aromatic hydroxyl groups is 1. The molecule has 0 unspecified atom stereocenters. The molecule has 0 bridgehead atoms. The van der Waals surface area contributed by atoms with Crippen LogP contribution in [0.5, 0.6) is 11.5 Å². The first kappa shape index (κ1) is 58.9. The SMILES string of the molecule is CC(C)c1cnn2c(NCc3cccc(O)c3)nc(NC3CCOCC3)nc12.CC(C)c1cnn2c(NCc3cccc(OC(=O)N4CCN(C(=O)OC(C)(C)C)CC4)c3)nc(NC3CCOCC3)nc12.O=C(Cl)N1CCCCC1. The first-order valence-electron chi connectivity index (χ1n) is 27.9. The van der Waals surface area contributed by atoms with Gasteiger partial charge in [-0.3, -0.25) is 4.79 Å². The molecule has 0 aliphatic carbocycles. The summed E-state index contributed by atoms with van der Waals surface area (Å²) in [5.41, 5.74) is 4.99. The molecule has 8 heterocycles. The van der Waals surface area contributed by atoms with Gasteiger partial charge in [0.05, 0.1) is 12.4 Å². The standard InChI is InChI=1S/C30H42N8O5.C20H26N6O2.C6H10ClNO/c1-20(2)24-19-32-38-25(24)34-26(33-22-9-15-41-16-10-22)35-27(38)31-18-21-7-6-8-23(17-21)42-28(39)36-11-13-37(14-12-36)29(40)43-30(3,4)5;1-13(2)17-12-22-26-18(17)24-19(23-15-6-8-28-9-7-15)25-20(26)21-11-14-4-3-5-16(27)10-14;7-6(9)8-4-2-1-3-5-8/h6-8,17,19-20,22H,9-16,18H2,1-5H3,(H2,31,33,34,35);3-5,10,12-13,15,27H,6-9,11H2,1-2H3,(H2,21,23,24,25);1-5H2. The van der Waals surface area contributed by atoms with Crippen LogP contribution in [0.1, 0.15) is 128 Å². The molecule has 23 nitrogen and oxygen atoms in total. The van der Waals surface area contributed by atoms with Crippen LogP contribution in [0.2, 0.25) is 0 Å². The highest BCUT2D eigenvalue weighted by Crippen LogP contribution is 2.26. The number of nitrogens with zero attached hydrogens (tertiary/aromatic N) is 11. The second kappa shape index (κ2) is 27.8. The molecule has 4 aliphatic heterocycles. The lowest BCUT2D eigenvalue weighted by atomic mass is 10.1. The second-order valence-electron chi connectivity index (χ2n) is 21.9. The van der Waals surface area contributed by atoms with Crippen molar-refractivity contribution in [3.8, 4) is 11.5 Å². The number of piperazine rings is 1. The van der Waals surface area contributed by atoms with Crippen LogP contribution in [0, 0.1) is 0 Å². The van der Waals surface area contributed by atoms with Gasteiger partial charge in [0.1, 0.15) is 17.1 Å². The number of piperidine rings is 1. The highest BCUT2D eigenvalue weighted by atomic mass is 35.5. The number of hydrogen-bond donors (Lipinski definition) is 5. The van der Waals surface area contributed by atoms with Gasteiger partial charge in [0.15, 0.2) is 11.3 Å². The van der Waals surface area contributed by atoms with E-state index >= 15 is 0 Å². The number of hydrogen-bond acceptors (Lipinski definition) is 18. The van der Waals surface area contributed by atoms with E-state index in [-0.39, 0.29) is 29.2 Å². The molecule has 4 aliphatic rings. The van der Waals surface area contributed by atoms with Gasteiger partial charge in [-0.1, -0.05) is 52.0 Å². The monoisotopic (exact) mass is 1120 g/mol. The number of likely N-dealkylation sites (tertiary alicyclic amines) is 1. The van der Waals surface area contributed by atoms with Crippen LogP contribution in [-0.4, -0.2) is 160 Å². The largest absolute Gasteiger partial charge is 0.508 e. The van der Waals surface area contributed by atoms with Gasteiger partial charge in [-0.05, 0) is 125 Å². The molecule has 0 spiro atoms. The molecule has 0 atom stereocenters. The Morgan fingerprint density at radius 1 is 0.650 bits per heavy atom. The molecule has 5 N–H and O–H groups in total. The van der Waals surface area contributed by atoms with E-state index in [1.807, 2.05) is 63.5 Å². The number of amides is 3. The van der Waals surface area contributed by atoms with Gasteiger partial charge in [-0.25, -0.2) is 9.59 Å². The van der Waals surface area contributed by atoms with Crippen molar-refractivity contribution in [1.29, 1.82) is 0 Å². The van der Waals surface area contributed by atoms with Gasteiger partial charge < -0.3 is 60.0 Å². The molecular weight excluding hydrogens is 1050 g/mol. The van der Waals surface area contributed by atoms with Crippen molar-refractivity contribution in [3.63, 3.8) is 0 Å². The summed E-state index contributed by atoms with van der Waals surface area (Å²) in [6.07, 6.45) is 10.0. The summed E-state index contributed by atoms with van der Waals surface area (Å²) in [6, 6.07) is 15.1. The van der Waals surface area contributed by atoms with E-state index in [0.717, 1.165) is 112 Å².